The molecule has 0 heterocycles. The van der Waals surface area contributed by atoms with Crippen molar-refractivity contribution in [1.29, 1.82) is 0 Å². The molecule has 0 fully saturated rings. The van der Waals surface area contributed by atoms with Crippen LogP contribution < -0.4 is 11.1 Å². The predicted molar refractivity (Wildman–Crippen MR) is 59.4 cm³/mol. The topological polar surface area (TPSA) is 58.4 Å². The maximum absolute atomic E-state index is 12.1. The second-order valence-electron chi connectivity index (χ2n) is 4.33. The number of hydrogen-bond donors (Lipinski definition) is 2. The number of alkyl halides is 3. The van der Waals surface area contributed by atoms with Crippen LogP contribution in [0.3, 0.4) is 0 Å². The normalized spacial score (nSPS) is 15.9. The average Bonchev–Trinajstić information content (AvgIpc) is 2.12. The molecule has 0 spiro atoms. The number of nitrogens with one attached hydrogen (secondary N) is 1. The Bertz CT molecular complexity index is 258. The van der Waals surface area contributed by atoms with Crippen molar-refractivity contribution in [3.8, 4) is 0 Å². The fraction of sp³-hybridized carbons (Fsp3) is 0.900. The third-order valence-corrected chi connectivity index (χ3v) is 2.55. The molecule has 0 bridgehead atoms. The van der Waals surface area contributed by atoms with Crippen molar-refractivity contribution in [2.75, 3.05) is 26.7 Å². The van der Waals surface area contributed by atoms with Crippen LogP contribution in [0.15, 0.2) is 0 Å². The molecule has 0 saturated carbocycles. The number of rotatable bonds is 7. The van der Waals surface area contributed by atoms with E-state index in [2.05, 4.69) is 5.32 Å². The Morgan fingerprint density at radius 1 is 1.41 bits per heavy atom. The van der Waals surface area contributed by atoms with E-state index in [1.165, 1.54) is 7.05 Å². The third-order valence-electron chi connectivity index (χ3n) is 2.55. The van der Waals surface area contributed by atoms with E-state index in [9.17, 15) is 18.0 Å². The molecule has 17 heavy (non-hydrogen) atoms. The van der Waals surface area contributed by atoms with Crippen molar-refractivity contribution < 1.29 is 18.0 Å². The van der Waals surface area contributed by atoms with E-state index in [-0.39, 0.29) is 13.0 Å². The summed E-state index contributed by atoms with van der Waals surface area (Å²) in [5.74, 6) is -0.556. The van der Waals surface area contributed by atoms with Crippen LogP contribution >= 0.6 is 0 Å². The Labute approximate surface area is 99.3 Å². The standard InChI is InChI=1S/C10H20F3N3O/c1-4-15-9(2,8(14)17)5-6-16(3)7-10(11,12)13/h15H,4-7H2,1-3H3,(H2,14,17). The SMILES string of the molecule is CCNC(C)(CCN(C)CC(F)(F)F)C(N)=O. The maximum atomic E-state index is 12.1. The van der Waals surface area contributed by atoms with Crippen molar-refractivity contribution in [2.45, 2.75) is 32.0 Å². The van der Waals surface area contributed by atoms with Crippen molar-refractivity contribution in [1.82, 2.24) is 10.2 Å². The second kappa shape index (κ2) is 6.20. The zero-order valence-electron chi connectivity index (χ0n) is 10.4. The molecule has 0 saturated heterocycles. The van der Waals surface area contributed by atoms with Crippen LogP contribution in [0.25, 0.3) is 0 Å². The lowest BCUT2D eigenvalue weighted by Gasteiger charge is -2.29. The highest BCUT2D eigenvalue weighted by atomic mass is 19.4. The highest BCUT2D eigenvalue weighted by Gasteiger charge is 2.32. The van der Waals surface area contributed by atoms with Gasteiger partial charge in [-0.1, -0.05) is 6.92 Å². The van der Waals surface area contributed by atoms with Crippen LogP contribution in [0.1, 0.15) is 20.3 Å². The highest BCUT2D eigenvalue weighted by molar-refractivity contribution is 5.84. The molecule has 0 aromatic heterocycles. The number of nitrogens with two attached hydrogens (primary N) is 1. The Balaban J connectivity index is 4.27. The summed E-state index contributed by atoms with van der Waals surface area (Å²) in [6.45, 7) is 3.09. The first-order valence-electron chi connectivity index (χ1n) is 5.41. The summed E-state index contributed by atoms with van der Waals surface area (Å²) >= 11 is 0. The van der Waals surface area contributed by atoms with E-state index in [4.69, 9.17) is 5.73 Å². The van der Waals surface area contributed by atoms with Crippen LogP contribution in [-0.2, 0) is 4.79 Å². The van der Waals surface area contributed by atoms with Gasteiger partial charge in [0.05, 0.1) is 12.1 Å². The van der Waals surface area contributed by atoms with Gasteiger partial charge in [-0.05, 0) is 26.9 Å². The summed E-state index contributed by atoms with van der Waals surface area (Å²) < 4.78 is 36.3. The van der Waals surface area contributed by atoms with Gasteiger partial charge in [-0.2, -0.15) is 13.2 Å². The molecule has 0 aliphatic carbocycles. The van der Waals surface area contributed by atoms with Crippen molar-refractivity contribution in [2.24, 2.45) is 5.73 Å². The van der Waals surface area contributed by atoms with Gasteiger partial charge in [0, 0.05) is 6.54 Å². The molecule has 0 radical (unpaired) electrons. The summed E-state index contributed by atoms with van der Waals surface area (Å²) in [5, 5.41) is 2.89. The molecule has 1 amide bonds. The Kier molecular flexibility index (Phi) is 5.91. The van der Waals surface area contributed by atoms with Crippen LogP contribution in [0, 0.1) is 0 Å². The van der Waals surface area contributed by atoms with Crippen LogP contribution in [0.4, 0.5) is 13.2 Å². The first kappa shape index (κ1) is 16.2. The van der Waals surface area contributed by atoms with Gasteiger partial charge >= 0.3 is 6.18 Å². The average molecular weight is 255 g/mol. The molecular formula is C10H20F3N3O. The second-order valence-corrected chi connectivity index (χ2v) is 4.33. The number of amides is 1. The quantitative estimate of drug-likeness (QED) is 0.705. The summed E-state index contributed by atoms with van der Waals surface area (Å²) in [6, 6.07) is 0. The van der Waals surface area contributed by atoms with E-state index < -0.39 is 24.2 Å². The monoisotopic (exact) mass is 255 g/mol. The predicted octanol–water partition coefficient (Wildman–Crippen LogP) is 0.724. The van der Waals surface area contributed by atoms with Gasteiger partial charge in [0.1, 0.15) is 0 Å². The van der Waals surface area contributed by atoms with E-state index in [0.29, 0.717) is 6.54 Å². The lowest BCUT2D eigenvalue weighted by molar-refractivity contribution is -0.143. The molecule has 0 aliphatic rings. The Morgan fingerprint density at radius 3 is 2.29 bits per heavy atom. The number of hydrogen-bond acceptors (Lipinski definition) is 3. The van der Waals surface area contributed by atoms with E-state index in [0.717, 1.165) is 4.90 Å². The molecule has 3 N–H and O–H groups in total. The van der Waals surface area contributed by atoms with Crippen molar-refractivity contribution in [3.05, 3.63) is 0 Å². The molecule has 4 nitrogen and oxygen atoms in total. The molecule has 0 rings (SSSR count). The van der Waals surface area contributed by atoms with Gasteiger partial charge in [0.2, 0.25) is 5.91 Å². The smallest absolute Gasteiger partial charge is 0.368 e. The Morgan fingerprint density at radius 2 is 1.94 bits per heavy atom. The largest absolute Gasteiger partial charge is 0.401 e. The van der Waals surface area contributed by atoms with E-state index >= 15 is 0 Å². The highest BCUT2D eigenvalue weighted by Crippen LogP contribution is 2.17. The minimum absolute atomic E-state index is 0.145. The van der Waals surface area contributed by atoms with Crippen molar-refractivity contribution >= 4 is 5.91 Å². The van der Waals surface area contributed by atoms with E-state index in [1.54, 1.807) is 13.8 Å². The fourth-order valence-electron chi connectivity index (χ4n) is 1.49. The van der Waals surface area contributed by atoms with Gasteiger partial charge in [-0.15, -0.1) is 0 Å². The van der Waals surface area contributed by atoms with Crippen LogP contribution in [-0.4, -0.2) is 49.2 Å². The van der Waals surface area contributed by atoms with Crippen LogP contribution in [0.5, 0.6) is 0 Å². The zero-order valence-corrected chi connectivity index (χ0v) is 10.4. The number of halogens is 3. The number of primary amides is 1. The van der Waals surface area contributed by atoms with Gasteiger partial charge in [0.25, 0.3) is 0 Å². The molecule has 0 aromatic carbocycles. The minimum Gasteiger partial charge on any atom is -0.368 e. The van der Waals surface area contributed by atoms with Gasteiger partial charge in [0.15, 0.2) is 0 Å². The molecule has 0 aliphatic heterocycles. The number of likely N-dealkylation sites (N-methyl/N-ethyl adjacent to an activating group) is 1. The molecular weight excluding hydrogens is 235 g/mol. The first-order valence-corrected chi connectivity index (χ1v) is 5.41. The molecule has 1 atom stereocenters. The molecule has 102 valence electrons. The van der Waals surface area contributed by atoms with Gasteiger partial charge in [-0.3, -0.25) is 9.69 Å². The third kappa shape index (κ3) is 6.48. The summed E-state index contributed by atoms with van der Waals surface area (Å²) in [7, 11) is 1.36. The lowest BCUT2D eigenvalue weighted by atomic mass is 9.96. The molecule has 7 heteroatoms. The maximum Gasteiger partial charge on any atom is 0.401 e. The summed E-state index contributed by atoms with van der Waals surface area (Å²) in [6.07, 6.45) is -3.99. The van der Waals surface area contributed by atoms with Crippen LogP contribution in [0.2, 0.25) is 0 Å². The minimum atomic E-state index is -4.23. The first-order chi connectivity index (χ1) is 7.60. The van der Waals surface area contributed by atoms with Crippen molar-refractivity contribution in [3.63, 3.8) is 0 Å². The zero-order chi connectivity index (χ0) is 13.7. The summed E-state index contributed by atoms with van der Waals surface area (Å²) in [4.78, 5) is 12.4. The molecule has 1 unspecified atom stereocenters. The summed E-state index contributed by atoms with van der Waals surface area (Å²) in [5.41, 5.74) is 4.26. The van der Waals surface area contributed by atoms with Gasteiger partial charge in [-0.25, -0.2) is 0 Å². The van der Waals surface area contributed by atoms with Gasteiger partial charge < -0.3 is 11.1 Å². The fourth-order valence-corrected chi connectivity index (χ4v) is 1.49. The van der Waals surface area contributed by atoms with E-state index in [1.807, 2.05) is 0 Å². The number of carbonyl (C=O) groups excluding carboxylic acids is 1. The number of carbonyl (C=O) groups is 1. The Hall–Kier alpha value is -0.820. The lowest BCUT2D eigenvalue weighted by Crippen LogP contribution is -2.54. The number of nitrogens with zero attached hydrogens (tertiary/aromatic N) is 1. The molecule has 0 aromatic rings.